The van der Waals surface area contributed by atoms with Crippen LogP contribution in [0.15, 0.2) is 59.4 Å². The maximum Gasteiger partial charge on any atom is 0.230 e. The molecule has 0 N–H and O–H groups in total. The van der Waals surface area contributed by atoms with Crippen LogP contribution in [0, 0.1) is 0 Å². The van der Waals surface area contributed by atoms with E-state index >= 15 is 0 Å². The normalized spacial score (nSPS) is 21.2. The molecule has 4 nitrogen and oxygen atoms in total. The summed E-state index contributed by atoms with van der Waals surface area (Å²) < 4.78 is 5.52. The summed E-state index contributed by atoms with van der Waals surface area (Å²) in [6, 6.07) is 14.6. The van der Waals surface area contributed by atoms with Gasteiger partial charge in [0, 0.05) is 23.9 Å². The Morgan fingerprint density at radius 2 is 1.52 bits per heavy atom. The molecule has 0 bridgehead atoms. The van der Waals surface area contributed by atoms with Crippen LogP contribution >= 0.6 is 0 Å². The van der Waals surface area contributed by atoms with Crippen LogP contribution < -0.4 is 0 Å². The Morgan fingerprint density at radius 3 is 2.26 bits per heavy atom. The van der Waals surface area contributed by atoms with Crippen molar-refractivity contribution in [2.75, 3.05) is 0 Å². The van der Waals surface area contributed by atoms with Crippen molar-refractivity contribution in [1.29, 1.82) is 0 Å². The van der Waals surface area contributed by atoms with E-state index in [0.717, 1.165) is 24.3 Å². The SMILES string of the molecule is c1ccc(C2CCC(c3nc(-c4ccncc4)no3)CC2)cc1. The number of hydrogen-bond acceptors (Lipinski definition) is 4. The van der Waals surface area contributed by atoms with Gasteiger partial charge in [-0.2, -0.15) is 4.98 Å². The molecule has 0 radical (unpaired) electrons. The van der Waals surface area contributed by atoms with Crippen LogP contribution in [0.5, 0.6) is 0 Å². The zero-order chi connectivity index (χ0) is 15.5. The van der Waals surface area contributed by atoms with Gasteiger partial charge in [-0.1, -0.05) is 35.5 Å². The molecule has 116 valence electrons. The summed E-state index contributed by atoms with van der Waals surface area (Å²) in [5.74, 6) is 2.49. The largest absolute Gasteiger partial charge is 0.339 e. The quantitative estimate of drug-likeness (QED) is 0.711. The third-order valence-corrected chi connectivity index (χ3v) is 4.73. The monoisotopic (exact) mass is 305 g/mol. The van der Waals surface area contributed by atoms with Gasteiger partial charge in [-0.25, -0.2) is 0 Å². The van der Waals surface area contributed by atoms with Crippen molar-refractivity contribution in [3.05, 3.63) is 66.3 Å². The Hall–Kier alpha value is -2.49. The molecule has 4 rings (SSSR count). The molecule has 0 amide bonds. The number of pyridine rings is 1. The molecule has 1 aliphatic carbocycles. The molecule has 0 unspecified atom stereocenters. The predicted molar refractivity (Wildman–Crippen MR) is 87.9 cm³/mol. The van der Waals surface area contributed by atoms with Gasteiger partial charge < -0.3 is 4.52 Å². The fourth-order valence-electron chi connectivity index (χ4n) is 3.42. The average Bonchev–Trinajstić information content (AvgIpc) is 3.14. The van der Waals surface area contributed by atoms with E-state index in [1.165, 1.54) is 18.4 Å². The molecule has 1 saturated carbocycles. The lowest BCUT2D eigenvalue weighted by Gasteiger charge is -2.26. The molecule has 3 aromatic rings. The van der Waals surface area contributed by atoms with Crippen LogP contribution in [0.3, 0.4) is 0 Å². The van der Waals surface area contributed by atoms with E-state index in [4.69, 9.17) is 4.52 Å². The van der Waals surface area contributed by atoms with Crippen molar-refractivity contribution >= 4 is 0 Å². The first-order valence-corrected chi connectivity index (χ1v) is 8.19. The Kier molecular flexibility index (Phi) is 3.88. The number of rotatable bonds is 3. The fraction of sp³-hybridized carbons (Fsp3) is 0.316. The summed E-state index contributed by atoms with van der Waals surface area (Å²) in [6.45, 7) is 0. The van der Waals surface area contributed by atoms with Crippen LogP contribution in [0.2, 0.25) is 0 Å². The summed E-state index contributed by atoms with van der Waals surface area (Å²) in [5, 5.41) is 4.12. The highest BCUT2D eigenvalue weighted by Crippen LogP contribution is 2.40. The second-order valence-electron chi connectivity index (χ2n) is 6.15. The highest BCUT2D eigenvalue weighted by atomic mass is 16.5. The average molecular weight is 305 g/mol. The molecule has 1 aliphatic rings. The van der Waals surface area contributed by atoms with E-state index in [9.17, 15) is 0 Å². The van der Waals surface area contributed by atoms with E-state index in [1.807, 2.05) is 12.1 Å². The molecule has 0 aliphatic heterocycles. The van der Waals surface area contributed by atoms with Crippen molar-refractivity contribution in [3.8, 4) is 11.4 Å². The highest BCUT2D eigenvalue weighted by Gasteiger charge is 2.27. The molecule has 0 atom stereocenters. The lowest BCUT2D eigenvalue weighted by atomic mass is 9.78. The highest BCUT2D eigenvalue weighted by molar-refractivity contribution is 5.52. The number of hydrogen-bond donors (Lipinski definition) is 0. The Morgan fingerprint density at radius 1 is 0.826 bits per heavy atom. The summed E-state index contributed by atoms with van der Waals surface area (Å²) in [6.07, 6.45) is 8.07. The van der Waals surface area contributed by atoms with E-state index in [1.54, 1.807) is 12.4 Å². The molecule has 1 fully saturated rings. The molecule has 23 heavy (non-hydrogen) atoms. The van der Waals surface area contributed by atoms with Gasteiger partial charge in [-0.05, 0) is 49.3 Å². The predicted octanol–water partition coefficient (Wildman–Crippen LogP) is 4.57. The molecule has 2 aromatic heterocycles. The lowest BCUT2D eigenvalue weighted by molar-refractivity contribution is 0.301. The Labute approximate surface area is 135 Å². The number of aromatic nitrogens is 3. The Balaban J connectivity index is 1.44. The zero-order valence-corrected chi connectivity index (χ0v) is 12.9. The minimum absolute atomic E-state index is 0.387. The van der Waals surface area contributed by atoms with Gasteiger partial charge >= 0.3 is 0 Å². The second-order valence-corrected chi connectivity index (χ2v) is 6.15. The number of nitrogens with zero attached hydrogens (tertiary/aromatic N) is 3. The van der Waals surface area contributed by atoms with Gasteiger partial charge in [0.1, 0.15) is 0 Å². The fourth-order valence-corrected chi connectivity index (χ4v) is 3.42. The van der Waals surface area contributed by atoms with Crippen LogP contribution in [-0.2, 0) is 0 Å². The number of benzene rings is 1. The first kappa shape index (κ1) is 14.1. The van der Waals surface area contributed by atoms with E-state index in [-0.39, 0.29) is 0 Å². The van der Waals surface area contributed by atoms with E-state index in [0.29, 0.717) is 17.7 Å². The first-order chi connectivity index (χ1) is 11.4. The molecule has 4 heteroatoms. The van der Waals surface area contributed by atoms with Gasteiger partial charge in [-0.15, -0.1) is 0 Å². The van der Waals surface area contributed by atoms with E-state index < -0.39 is 0 Å². The zero-order valence-electron chi connectivity index (χ0n) is 12.9. The summed E-state index contributed by atoms with van der Waals surface area (Å²) >= 11 is 0. The van der Waals surface area contributed by atoms with E-state index in [2.05, 4.69) is 45.5 Å². The van der Waals surface area contributed by atoms with Crippen molar-refractivity contribution < 1.29 is 4.52 Å². The van der Waals surface area contributed by atoms with Crippen molar-refractivity contribution in [2.24, 2.45) is 0 Å². The molecular formula is C19H19N3O. The second kappa shape index (κ2) is 6.32. The smallest absolute Gasteiger partial charge is 0.230 e. The van der Waals surface area contributed by atoms with Crippen LogP contribution in [0.25, 0.3) is 11.4 Å². The third-order valence-electron chi connectivity index (χ3n) is 4.73. The van der Waals surface area contributed by atoms with Gasteiger partial charge in [-0.3, -0.25) is 4.98 Å². The molecule has 0 saturated heterocycles. The molecule has 1 aromatic carbocycles. The summed E-state index contributed by atoms with van der Waals surface area (Å²) in [4.78, 5) is 8.61. The third kappa shape index (κ3) is 3.02. The van der Waals surface area contributed by atoms with Crippen LogP contribution in [-0.4, -0.2) is 15.1 Å². The van der Waals surface area contributed by atoms with Gasteiger partial charge in [0.2, 0.25) is 11.7 Å². The van der Waals surface area contributed by atoms with Crippen LogP contribution in [0.4, 0.5) is 0 Å². The minimum atomic E-state index is 0.387. The van der Waals surface area contributed by atoms with Crippen molar-refractivity contribution in [2.45, 2.75) is 37.5 Å². The van der Waals surface area contributed by atoms with Crippen molar-refractivity contribution in [1.82, 2.24) is 15.1 Å². The molecule has 0 spiro atoms. The van der Waals surface area contributed by atoms with Gasteiger partial charge in [0.05, 0.1) is 0 Å². The van der Waals surface area contributed by atoms with Gasteiger partial charge in [0.25, 0.3) is 0 Å². The van der Waals surface area contributed by atoms with Crippen LogP contribution in [0.1, 0.15) is 49.0 Å². The maximum absolute atomic E-state index is 5.52. The first-order valence-electron chi connectivity index (χ1n) is 8.19. The van der Waals surface area contributed by atoms with Crippen molar-refractivity contribution in [3.63, 3.8) is 0 Å². The standard InChI is InChI=1S/C19H19N3O/c1-2-4-14(5-3-1)15-6-8-17(9-7-15)19-21-18(22-23-19)16-10-12-20-13-11-16/h1-5,10-13,15,17H,6-9H2. The topological polar surface area (TPSA) is 51.8 Å². The summed E-state index contributed by atoms with van der Waals surface area (Å²) in [5.41, 5.74) is 2.40. The maximum atomic E-state index is 5.52. The van der Waals surface area contributed by atoms with Gasteiger partial charge in [0.15, 0.2) is 0 Å². The Bertz CT molecular complexity index is 747. The minimum Gasteiger partial charge on any atom is -0.339 e. The lowest BCUT2D eigenvalue weighted by Crippen LogP contribution is -2.12. The molecule has 2 heterocycles. The summed E-state index contributed by atoms with van der Waals surface area (Å²) in [7, 11) is 0. The molecular weight excluding hydrogens is 286 g/mol.